The molecule has 0 amide bonds. The SMILES string of the molecule is CC1CCC(C=C2CCC(C)[n+]3c2sc2ccccc23)=C2Sc3ccccc3N21.[O-][Cl+3]([O-])([O-])[O-]. The molecule has 2 aromatic carbocycles. The lowest BCUT2D eigenvalue weighted by molar-refractivity contribution is -2.00. The zero-order chi connectivity index (χ0) is 24.0. The highest BCUT2D eigenvalue weighted by molar-refractivity contribution is 8.03. The number of para-hydroxylation sites is 2. The third kappa shape index (κ3) is 4.64. The van der Waals surface area contributed by atoms with Crippen LogP contribution in [0.5, 0.6) is 0 Å². The van der Waals surface area contributed by atoms with Gasteiger partial charge in [0.25, 0.3) is 5.01 Å². The molecule has 6 nitrogen and oxygen atoms in total. The molecule has 0 bridgehead atoms. The number of halogens is 1. The van der Waals surface area contributed by atoms with Crippen LogP contribution in [0.1, 0.15) is 50.6 Å². The van der Waals surface area contributed by atoms with Crippen LogP contribution in [0.3, 0.4) is 0 Å². The molecule has 9 heteroatoms. The van der Waals surface area contributed by atoms with Crippen molar-refractivity contribution in [1.29, 1.82) is 0 Å². The largest absolute Gasteiger partial charge is 0.332 e. The summed E-state index contributed by atoms with van der Waals surface area (Å²) in [6.07, 6.45) is 7.34. The Bertz CT molecular complexity index is 1290. The van der Waals surface area contributed by atoms with Gasteiger partial charge in [0.1, 0.15) is 4.70 Å². The third-order valence-electron chi connectivity index (χ3n) is 6.54. The highest BCUT2D eigenvalue weighted by Gasteiger charge is 2.36. The predicted molar refractivity (Wildman–Crippen MR) is 124 cm³/mol. The summed E-state index contributed by atoms with van der Waals surface area (Å²) in [4.78, 5) is 3.99. The molecular formula is C25H25ClN2O4S2. The minimum atomic E-state index is -4.94. The first-order valence-corrected chi connectivity index (χ1v) is 14.1. The quantitative estimate of drug-likeness (QED) is 0.460. The molecule has 0 spiro atoms. The molecule has 2 unspecified atom stereocenters. The van der Waals surface area contributed by atoms with E-state index in [1.165, 1.54) is 67.7 Å². The summed E-state index contributed by atoms with van der Waals surface area (Å²) in [6, 6.07) is 18.9. The number of thiazole rings is 1. The number of anilines is 1. The van der Waals surface area contributed by atoms with E-state index in [2.05, 4.69) is 77.9 Å². The van der Waals surface area contributed by atoms with Crippen molar-refractivity contribution in [1.82, 2.24) is 0 Å². The number of thioether (sulfide) groups is 1. The van der Waals surface area contributed by atoms with Crippen molar-refractivity contribution in [3.63, 3.8) is 0 Å². The highest BCUT2D eigenvalue weighted by atomic mass is 35.7. The van der Waals surface area contributed by atoms with Crippen LogP contribution in [-0.4, -0.2) is 6.04 Å². The number of fused-ring (bicyclic) bond motifs is 6. The van der Waals surface area contributed by atoms with Gasteiger partial charge in [0, 0.05) is 29.0 Å². The second-order valence-electron chi connectivity index (χ2n) is 8.84. The molecule has 3 aromatic rings. The summed E-state index contributed by atoms with van der Waals surface area (Å²) < 4.78 is 38.0. The van der Waals surface area contributed by atoms with Crippen LogP contribution in [-0.2, 0) is 0 Å². The van der Waals surface area contributed by atoms with Gasteiger partial charge in [0.05, 0.1) is 10.7 Å². The molecule has 3 aliphatic heterocycles. The van der Waals surface area contributed by atoms with Gasteiger partial charge >= 0.3 is 0 Å². The minimum Gasteiger partial charge on any atom is -0.332 e. The van der Waals surface area contributed by atoms with Crippen molar-refractivity contribution in [3.8, 4) is 0 Å². The molecule has 178 valence electrons. The number of nitrogens with zero attached hydrogens (tertiary/aromatic N) is 2. The molecule has 0 fully saturated rings. The maximum Gasteiger partial charge on any atom is 0.266 e. The normalized spacial score (nSPS) is 22.9. The average Bonchev–Trinajstić information content (AvgIpc) is 3.36. The molecule has 0 saturated heterocycles. The molecule has 1 aromatic heterocycles. The minimum absolute atomic E-state index is 0.573. The fourth-order valence-corrected chi connectivity index (χ4v) is 7.59. The third-order valence-corrected chi connectivity index (χ3v) is 8.98. The van der Waals surface area contributed by atoms with E-state index >= 15 is 0 Å². The lowest BCUT2D eigenvalue weighted by Gasteiger charge is -2.33. The second-order valence-corrected chi connectivity index (χ2v) is 11.7. The fraction of sp³-hybridized carbons (Fsp3) is 0.320. The first-order valence-electron chi connectivity index (χ1n) is 11.3. The molecule has 0 radical (unpaired) electrons. The van der Waals surface area contributed by atoms with Gasteiger partial charge in [-0.3, -0.25) is 0 Å². The van der Waals surface area contributed by atoms with Gasteiger partial charge in [-0.1, -0.05) is 47.4 Å². The van der Waals surface area contributed by atoms with Crippen LogP contribution in [0.2, 0.25) is 0 Å². The monoisotopic (exact) mass is 516 g/mol. The van der Waals surface area contributed by atoms with Crippen LogP contribution in [0.4, 0.5) is 5.69 Å². The maximum absolute atomic E-state index is 8.49. The first kappa shape index (κ1) is 23.8. The lowest BCUT2D eigenvalue weighted by atomic mass is 9.95. The molecule has 0 N–H and O–H groups in total. The van der Waals surface area contributed by atoms with Gasteiger partial charge < -0.3 is 4.90 Å². The van der Waals surface area contributed by atoms with E-state index < -0.39 is 10.2 Å². The van der Waals surface area contributed by atoms with E-state index in [-0.39, 0.29) is 0 Å². The summed E-state index contributed by atoms with van der Waals surface area (Å²) in [6.45, 7) is 4.74. The number of aromatic nitrogens is 1. The zero-order valence-corrected chi connectivity index (χ0v) is 21.3. The molecule has 0 saturated carbocycles. The van der Waals surface area contributed by atoms with Gasteiger partial charge in [-0.25, -0.2) is 18.6 Å². The van der Waals surface area contributed by atoms with E-state index in [1.807, 2.05) is 23.1 Å². The average molecular weight is 517 g/mol. The summed E-state index contributed by atoms with van der Waals surface area (Å²) in [5.74, 6) is 0. The molecule has 4 heterocycles. The molecule has 34 heavy (non-hydrogen) atoms. The van der Waals surface area contributed by atoms with Gasteiger partial charge in [-0.2, -0.15) is 4.57 Å². The van der Waals surface area contributed by atoms with Crippen molar-refractivity contribution < 1.29 is 33.4 Å². The zero-order valence-electron chi connectivity index (χ0n) is 18.9. The number of hydrogen-bond acceptors (Lipinski definition) is 7. The number of allylic oxidation sites excluding steroid dienone is 3. The molecule has 0 aliphatic carbocycles. The standard InChI is InChI=1S/C25H25N2S2.ClHO4/c1-16-11-13-18(24-26(16)20-7-3-5-9-22(20)28-24)15-19-14-12-17(2)27-21-8-4-6-10-23(21)29-25(19)27;2-1(3,4)5/h3-10,15-17H,11-14H2,1-2H3;(H,2,3,4,5)/q+1;/p-1. The van der Waals surface area contributed by atoms with E-state index in [1.54, 1.807) is 0 Å². The Hall–Kier alpha value is -1.91. The Labute approximate surface area is 209 Å². The van der Waals surface area contributed by atoms with Crippen LogP contribution in [0.15, 0.2) is 70.1 Å². The maximum atomic E-state index is 8.49. The van der Waals surface area contributed by atoms with Crippen molar-refractivity contribution >= 4 is 44.6 Å². The van der Waals surface area contributed by atoms with Crippen LogP contribution >= 0.6 is 23.1 Å². The first-order chi connectivity index (χ1) is 16.2. The Balaban J connectivity index is 0.000000439. The Kier molecular flexibility index (Phi) is 6.50. The summed E-state index contributed by atoms with van der Waals surface area (Å²) >= 11 is 3.93. The van der Waals surface area contributed by atoms with Crippen molar-refractivity contribution in [2.45, 2.75) is 56.5 Å². The number of rotatable bonds is 1. The summed E-state index contributed by atoms with van der Waals surface area (Å²) in [7, 11) is -4.94. The molecule has 3 aliphatic rings. The molecule has 6 rings (SSSR count). The molecular weight excluding hydrogens is 492 g/mol. The Morgan fingerprint density at radius 2 is 1.68 bits per heavy atom. The van der Waals surface area contributed by atoms with Gasteiger partial charge in [0.15, 0.2) is 6.04 Å². The van der Waals surface area contributed by atoms with Crippen LogP contribution < -0.4 is 28.1 Å². The van der Waals surface area contributed by atoms with Crippen molar-refractivity contribution in [3.05, 3.63) is 70.2 Å². The predicted octanol–water partition coefficient (Wildman–Crippen LogP) is 2.18. The van der Waals surface area contributed by atoms with E-state index in [9.17, 15) is 0 Å². The summed E-state index contributed by atoms with van der Waals surface area (Å²) in [5.41, 5.74) is 5.84. The van der Waals surface area contributed by atoms with Crippen molar-refractivity contribution in [2.24, 2.45) is 0 Å². The van der Waals surface area contributed by atoms with Crippen LogP contribution in [0, 0.1) is 10.2 Å². The smallest absolute Gasteiger partial charge is 0.266 e. The number of hydrogen-bond donors (Lipinski definition) is 0. The fourth-order valence-electron chi connectivity index (χ4n) is 5.01. The van der Waals surface area contributed by atoms with Crippen LogP contribution in [0.25, 0.3) is 15.8 Å². The Morgan fingerprint density at radius 3 is 2.47 bits per heavy atom. The van der Waals surface area contributed by atoms with Gasteiger partial charge in [-0.15, -0.1) is 10.2 Å². The van der Waals surface area contributed by atoms with Gasteiger partial charge in [-0.05, 0) is 63.0 Å². The van der Waals surface area contributed by atoms with E-state index in [0.717, 1.165) is 0 Å². The van der Waals surface area contributed by atoms with Crippen molar-refractivity contribution in [2.75, 3.05) is 4.90 Å². The van der Waals surface area contributed by atoms with Gasteiger partial charge in [0.2, 0.25) is 5.52 Å². The van der Waals surface area contributed by atoms with E-state index in [4.69, 9.17) is 18.6 Å². The highest BCUT2D eigenvalue weighted by Crippen LogP contribution is 2.52. The topological polar surface area (TPSA) is 99.4 Å². The Morgan fingerprint density at radius 1 is 0.971 bits per heavy atom. The molecule has 2 atom stereocenters. The lowest BCUT2D eigenvalue weighted by Crippen LogP contribution is -2.68. The second kappa shape index (κ2) is 9.28. The summed E-state index contributed by atoms with van der Waals surface area (Å²) in [5, 5.41) is 2.92. The van der Waals surface area contributed by atoms with E-state index in [0.29, 0.717) is 12.1 Å². The number of benzene rings is 2.